The lowest BCUT2D eigenvalue weighted by Gasteiger charge is -2.37. The van der Waals surface area contributed by atoms with Crippen molar-refractivity contribution in [1.29, 1.82) is 0 Å². The fourth-order valence-corrected chi connectivity index (χ4v) is 2.20. The topological polar surface area (TPSA) is 58.4 Å². The van der Waals surface area contributed by atoms with Gasteiger partial charge >= 0.3 is 0 Å². The lowest BCUT2D eigenvalue weighted by molar-refractivity contribution is -0.132. The van der Waals surface area contributed by atoms with E-state index in [1.807, 2.05) is 6.92 Å². The van der Waals surface area contributed by atoms with Gasteiger partial charge < -0.3 is 10.0 Å². The van der Waals surface area contributed by atoms with Crippen molar-refractivity contribution in [2.45, 2.75) is 6.92 Å². The highest BCUT2D eigenvalue weighted by molar-refractivity contribution is 6.31. The molecule has 2 heterocycles. The first-order valence-electron chi connectivity index (χ1n) is 5.80. The summed E-state index contributed by atoms with van der Waals surface area (Å²) in [6, 6.07) is 0. The van der Waals surface area contributed by atoms with Crippen LogP contribution in [0.3, 0.4) is 0 Å². The number of nitrogens with zero attached hydrogens (tertiary/aromatic N) is 3. The number of aromatic nitrogens is 2. The molecule has 0 bridgehead atoms. The summed E-state index contributed by atoms with van der Waals surface area (Å²) in [7, 11) is 1.76. The van der Waals surface area contributed by atoms with E-state index in [9.17, 15) is 4.79 Å². The minimum atomic E-state index is -0.0565. The maximum atomic E-state index is 11.8. The number of rotatable bonds is 3. The molecule has 0 radical (unpaired) electrons. The maximum Gasteiger partial charge on any atom is 0.246 e. The molecule has 0 aromatic carbocycles. The van der Waals surface area contributed by atoms with E-state index in [-0.39, 0.29) is 18.4 Å². The predicted molar refractivity (Wildman–Crippen MR) is 69.1 cm³/mol. The lowest BCUT2D eigenvalue weighted by atomic mass is 10.0. The Morgan fingerprint density at radius 2 is 2.28 bits per heavy atom. The second-order valence-corrected chi connectivity index (χ2v) is 4.90. The fraction of sp³-hybridized carbons (Fsp3) is 0.500. The molecular weight excluding hydrogens is 254 g/mol. The Balaban J connectivity index is 2.01. The van der Waals surface area contributed by atoms with Gasteiger partial charge in [0.1, 0.15) is 5.15 Å². The number of aryl methyl sites for hydroxylation is 2. The summed E-state index contributed by atoms with van der Waals surface area (Å²) in [5, 5.41) is 13.6. The summed E-state index contributed by atoms with van der Waals surface area (Å²) in [6.07, 6.45) is 3.20. The third-order valence-corrected chi connectivity index (χ3v) is 3.56. The first-order valence-corrected chi connectivity index (χ1v) is 6.17. The van der Waals surface area contributed by atoms with Crippen LogP contribution in [0.15, 0.2) is 6.08 Å². The van der Waals surface area contributed by atoms with E-state index in [4.69, 9.17) is 16.7 Å². The van der Waals surface area contributed by atoms with Gasteiger partial charge in [-0.05, 0) is 13.0 Å². The molecule has 1 aromatic rings. The summed E-state index contributed by atoms with van der Waals surface area (Å²) in [5.74, 6) is 0.171. The van der Waals surface area contributed by atoms with Crippen LogP contribution >= 0.6 is 11.6 Å². The largest absolute Gasteiger partial charge is 0.396 e. The zero-order valence-electron chi connectivity index (χ0n) is 10.4. The van der Waals surface area contributed by atoms with Crippen molar-refractivity contribution >= 4 is 23.6 Å². The zero-order chi connectivity index (χ0) is 13.3. The van der Waals surface area contributed by atoms with Crippen LogP contribution in [0.1, 0.15) is 11.3 Å². The molecule has 6 heteroatoms. The number of carbonyl (C=O) groups is 1. The first kappa shape index (κ1) is 13.1. The number of hydrogen-bond acceptors (Lipinski definition) is 3. The fourth-order valence-electron chi connectivity index (χ4n) is 1.96. The molecule has 0 unspecified atom stereocenters. The van der Waals surface area contributed by atoms with Gasteiger partial charge in [-0.25, -0.2) is 0 Å². The summed E-state index contributed by atoms with van der Waals surface area (Å²) in [4.78, 5) is 13.5. The number of aliphatic hydroxyl groups excluding tert-OH is 1. The molecule has 1 aliphatic rings. The number of likely N-dealkylation sites (tertiary alicyclic amines) is 1. The van der Waals surface area contributed by atoms with Gasteiger partial charge in [0, 0.05) is 44.3 Å². The molecule has 1 saturated heterocycles. The van der Waals surface area contributed by atoms with E-state index >= 15 is 0 Å². The Morgan fingerprint density at radius 3 is 2.78 bits per heavy atom. The molecule has 0 atom stereocenters. The van der Waals surface area contributed by atoms with E-state index < -0.39 is 0 Å². The van der Waals surface area contributed by atoms with Gasteiger partial charge in [0.05, 0.1) is 5.69 Å². The highest BCUT2D eigenvalue weighted by Gasteiger charge is 2.28. The van der Waals surface area contributed by atoms with Crippen LogP contribution in [-0.2, 0) is 11.8 Å². The van der Waals surface area contributed by atoms with E-state index in [1.165, 1.54) is 6.08 Å². The van der Waals surface area contributed by atoms with Crippen LogP contribution in [-0.4, -0.2) is 45.4 Å². The van der Waals surface area contributed by atoms with Gasteiger partial charge in [0.15, 0.2) is 0 Å². The molecule has 0 saturated carbocycles. The van der Waals surface area contributed by atoms with Gasteiger partial charge in [0.2, 0.25) is 5.91 Å². The van der Waals surface area contributed by atoms with Crippen molar-refractivity contribution in [2.75, 3.05) is 19.7 Å². The van der Waals surface area contributed by atoms with E-state index in [0.29, 0.717) is 18.2 Å². The van der Waals surface area contributed by atoms with Gasteiger partial charge in [-0.2, -0.15) is 5.10 Å². The summed E-state index contributed by atoms with van der Waals surface area (Å²) < 4.78 is 1.58. The lowest BCUT2D eigenvalue weighted by Crippen LogP contribution is -2.50. The van der Waals surface area contributed by atoms with Crippen molar-refractivity contribution in [3.8, 4) is 0 Å². The Bertz CT molecular complexity index is 490. The zero-order valence-corrected chi connectivity index (χ0v) is 11.2. The molecule has 5 nitrogen and oxygen atoms in total. The smallest absolute Gasteiger partial charge is 0.246 e. The quantitative estimate of drug-likeness (QED) is 0.828. The standard InChI is InChI=1S/C12H16ClN3O2/c1-8-10(12(13)15(2)14-8)3-4-11(18)16-5-9(6-16)7-17/h3-4,9,17H,5-7H2,1-2H3. The number of amides is 1. The molecule has 18 heavy (non-hydrogen) atoms. The third kappa shape index (κ3) is 2.42. The Hall–Kier alpha value is -1.33. The normalized spacial score (nSPS) is 16.3. The molecule has 98 valence electrons. The minimum absolute atomic E-state index is 0.0565. The number of carbonyl (C=O) groups excluding carboxylic acids is 1. The van der Waals surface area contributed by atoms with Crippen LogP contribution < -0.4 is 0 Å². The molecule has 1 amide bonds. The van der Waals surface area contributed by atoms with E-state index in [0.717, 1.165) is 11.3 Å². The number of aliphatic hydroxyl groups is 1. The van der Waals surface area contributed by atoms with Gasteiger partial charge in [0.25, 0.3) is 0 Å². The molecule has 0 spiro atoms. The Labute approximate surface area is 111 Å². The third-order valence-electron chi connectivity index (χ3n) is 3.12. The van der Waals surface area contributed by atoms with Crippen LogP contribution in [0.5, 0.6) is 0 Å². The Kier molecular flexibility index (Phi) is 3.73. The van der Waals surface area contributed by atoms with Gasteiger partial charge in [-0.1, -0.05) is 11.6 Å². The second kappa shape index (κ2) is 5.12. The highest BCUT2D eigenvalue weighted by atomic mass is 35.5. The van der Waals surface area contributed by atoms with Crippen molar-refractivity contribution in [1.82, 2.24) is 14.7 Å². The molecule has 0 aliphatic carbocycles. The van der Waals surface area contributed by atoms with Crippen molar-refractivity contribution in [2.24, 2.45) is 13.0 Å². The molecule has 1 aromatic heterocycles. The Morgan fingerprint density at radius 1 is 1.61 bits per heavy atom. The van der Waals surface area contributed by atoms with Crippen LogP contribution in [0.25, 0.3) is 6.08 Å². The predicted octanol–water partition coefficient (Wildman–Crippen LogP) is 0.846. The van der Waals surface area contributed by atoms with Gasteiger partial charge in [-0.15, -0.1) is 0 Å². The average Bonchev–Trinajstić information content (AvgIpc) is 2.50. The highest BCUT2D eigenvalue weighted by Crippen LogP contribution is 2.21. The molecule has 1 N–H and O–H groups in total. The summed E-state index contributed by atoms with van der Waals surface area (Å²) >= 11 is 6.06. The molecule has 1 aliphatic heterocycles. The number of halogens is 1. The molecule has 1 fully saturated rings. The van der Waals surface area contributed by atoms with Crippen molar-refractivity contribution in [3.05, 3.63) is 22.5 Å². The van der Waals surface area contributed by atoms with Crippen molar-refractivity contribution < 1.29 is 9.90 Å². The van der Waals surface area contributed by atoms with Crippen molar-refractivity contribution in [3.63, 3.8) is 0 Å². The summed E-state index contributed by atoms with van der Waals surface area (Å²) in [5.41, 5.74) is 1.56. The van der Waals surface area contributed by atoms with E-state index in [1.54, 1.807) is 22.7 Å². The maximum absolute atomic E-state index is 11.8. The van der Waals surface area contributed by atoms with Crippen LogP contribution in [0.4, 0.5) is 0 Å². The molecule has 2 rings (SSSR count). The number of hydrogen-bond donors (Lipinski definition) is 1. The van der Waals surface area contributed by atoms with E-state index in [2.05, 4.69) is 5.10 Å². The first-order chi connectivity index (χ1) is 8.52. The molecular formula is C12H16ClN3O2. The summed E-state index contributed by atoms with van der Waals surface area (Å²) in [6.45, 7) is 3.24. The van der Waals surface area contributed by atoms with Crippen LogP contribution in [0.2, 0.25) is 5.15 Å². The van der Waals surface area contributed by atoms with Crippen LogP contribution in [0, 0.1) is 12.8 Å². The minimum Gasteiger partial charge on any atom is -0.396 e. The monoisotopic (exact) mass is 269 g/mol. The second-order valence-electron chi connectivity index (χ2n) is 4.54. The van der Waals surface area contributed by atoms with Gasteiger partial charge in [-0.3, -0.25) is 9.48 Å². The SMILES string of the molecule is Cc1nn(C)c(Cl)c1C=CC(=O)N1CC(CO)C1. The average molecular weight is 270 g/mol.